The first-order valence-corrected chi connectivity index (χ1v) is 12.7. The lowest BCUT2D eigenvalue weighted by molar-refractivity contribution is -0.136. The first-order valence-electron chi connectivity index (χ1n) is 11.8. The number of aromatic nitrogens is 2. The summed E-state index contributed by atoms with van der Waals surface area (Å²) in [4.78, 5) is 19.3. The van der Waals surface area contributed by atoms with Gasteiger partial charge in [-0.05, 0) is 35.2 Å². The van der Waals surface area contributed by atoms with Crippen molar-refractivity contribution in [2.75, 3.05) is 0 Å². The number of thiazole rings is 1. The van der Waals surface area contributed by atoms with Crippen molar-refractivity contribution in [3.05, 3.63) is 119 Å². The number of nitrogens with one attached hydrogen (secondary N) is 1. The third kappa shape index (κ3) is 5.73. The van der Waals surface area contributed by atoms with Gasteiger partial charge in [-0.1, -0.05) is 72.8 Å². The molecule has 0 unspecified atom stereocenters. The maximum atomic E-state index is 11.3. The number of H-pyrrole nitrogens is 1. The van der Waals surface area contributed by atoms with Crippen molar-refractivity contribution in [2.45, 2.75) is 25.9 Å². The van der Waals surface area contributed by atoms with E-state index in [1.807, 2.05) is 60.1 Å². The number of nitrogens with zero attached hydrogens (tertiary/aromatic N) is 1. The maximum Gasteiger partial charge on any atom is 0.303 e. The Morgan fingerprint density at radius 1 is 0.917 bits per heavy atom. The number of hydrogen-bond donors (Lipinski definition) is 2. The smallest absolute Gasteiger partial charge is 0.303 e. The van der Waals surface area contributed by atoms with Gasteiger partial charge in [0.1, 0.15) is 17.4 Å². The Morgan fingerprint density at radius 2 is 1.61 bits per heavy atom. The molecular weight excluding hydrogens is 468 g/mol. The molecule has 0 aliphatic rings. The van der Waals surface area contributed by atoms with Gasteiger partial charge in [-0.25, -0.2) is 4.98 Å². The Kier molecular flexibility index (Phi) is 7.24. The number of hydrogen-bond acceptors (Lipinski definition) is 4. The molecule has 3 aromatic carbocycles. The van der Waals surface area contributed by atoms with E-state index in [0.29, 0.717) is 19.4 Å². The van der Waals surface area contributed by atoms with E-state index in [2.05, 4.69) is 46.4 Å². The van der Waals surface area contributed by atoms with Gasteiger partial charge >= 0.3 is 5.97 Å². The standard InChI is InChI=1S/C30H26N2O3S/c33-29(34)16-15-26-27(22-7-3-1-4-8-22)18-31-28(26)17-21-11-13-25(14-12-21)35-19-24-20-36-30(32-24)23-9-5-2-6-10-23/h1-14,18,20,31H,15-17,19H2,(H,33,34). The van der Waals surface area contributed by atoms with Gasteiger partial charge in [-0.15, -0.1) is 11.3 Å². The molecule has 0 aliphatic heterocycles. The number of benzene rings is 3. The summed E-state index contributed by atoms with van der Waals surface area (Å²) in [7, 11) is 0. The van der Waals surface area contributed by atoms with Crippen molar-refractivity contribution in [3.63, 3.8) is 0 Å². The summed E-state index contributed by atoms with van der Waals surface area (Å²) in [6, 6.07) is 28.3. The van der Waals surface area contributed by atoms with Crippen molar-refractivity contribution in [2.24, 2.45) is 0 Å². The van der Waals surface area contributed by atoms with E-state index in [0.717, 1.165) is 50.0 Å². The monoisotopic (exact) mass is 494 g/mol. The highest BCUT2D eigenvalue weighted by molar-refractivity contribution is 7.13. The van der Waals surface area contributed by atoms with Crippen molar-refractivity contribution in [3.8, 4) is 27.4 Å². The molecule has 2 N–H and O–H groups in total. The van der Waals surface area contributed by atoms with Crippen LogP contribution in [0.4, 0.5) is 0 Å². The molecule has 6 heteroatoms. The molecule has 180 valence electrons. The second-order valence-corrected chi connectivity index (χ2v) is 9.40. The second kappa shape index (κ2) is 11.1. The third-order valence-corrected chi connectivity index (χ3v) is 6.96. The Hall–Kier alpha value is -4.16. The van der Waals surface area contributed by atoms with Gasteiger partial charge in [0.2, 0.25) is 0 Å². The Labute approximate surface area is 214 Å². The number of carboxylic acids is 1. The summed E-state index contributed by atoms with van der Waals surface area (Å²) in [5.41, 5.74) is 7.39. The highest BCUT2D eigenvalue weighted by atomic mass is 32.1. The molecule has 0 radical (unpaired) electrons. The van der Waals surface area contributed by atoms with Crippen molar-refractivity contribution < 1.29 is 14.6 Å². The first kappa shape index (κ1) is 23.6. The average Bonchev–Trinajstić information content (AvgIpc) is 3.55. The molecule has 0 amide bonds. The summed E-state index contributed by atoms with van der Waals surface area (Å²) in [6.07, 6.45) is 3.25. The van der Waals surface area contributed by atoms with E-state index in [9.17, 15) is 9.90 Å². The van der Waals surface area contributed by atoms with Crippen LogP contribution < -0.4 is 4.74 Å². The van der Waals surface area contributed by atoms with E-state index in [4.69, 9.17) is 4.74 Å². The average molecular weight is 495 g/mol. The zero-order valence-corrected chi connectivity index (χ0v) is 20.5. The summed E-state index contributed by atoms with van der Waals surface area (Å²) in [5, 5.41) is 12.3. The fraction of sp³-hybridized carbons (Fsp3) is 0.133. The largest absolute Gasteiger partial charge is 0.487 e. The van der Waals surface area contributed by atoms with Gasteiger partial charge in [0.15, 0.2) is 0 Å². The van der Waals surface area contributed by atoms with Gasteiger partial charge in [0.25, 0.3) is 0 Å². The van der Waals surface area contributed by atoms with Crippen LogP contribution >= 0.6 is 11.3 Å². The number of ether oxygens (including phenoxy) is 1. The molecule has 0 fully saturated rings. The second-order valence-electron chi connectivity index (χ2n) is 8.54. The van der Waals surface area contributed by atoms with Crippen LogP contribution in [-0.2, 0) is 24.2 Å². The lowest BCUT2D eigenvalue weighted by Crippen LogP contribution is -2.01. The SMILES string of the molecule is O=C(O)CCc1c(-c2ccccc2)c[nH]c1Cc1ccc(OCc2csc(-c3ccccc3)n2)cc1. The minimum atomic E-state index is -0.793. The molecule has 0 saturated carbocycles. The minimum Gasteiger partial charge on any atom is -0.487 e. The summed E-state index contributed by atoms with van der Waals surface area (Å²) >= 11 is 1.62. The molecule has 5 rings (SSSR count). The van der Waals surface area contributed by atoms with Crippen LogP contribution in [0.3, 0.4) is 0 Å². The Bertz CT molecular complexity index is 1420. The van der Waals surface area contributed by atoms with E-state index in [1.165, 1.54) is 0 Å². The summed E-state index contributed by atoms with van der Waals surface area (Å²) < 4.78 is 5.97. The molecule has 0 spiro atoms. The van der Waals surface area contributed by atoms with Crippen LogP contribution in [0.1, 0.15) is 28.9 Å². The van der Waals surface area contributed by atoms with Crippen LogP contribution in [0.15, 0.2) is 96.5 Å². The van der Waals surface area contributed by atoms with Gasteiger partial charge in [0.05, 0.1) is 5.69 Å². The van der Waals surface area contributed by atoms with Crippen LogP contribution in [0, 0.1) is 0 Å². The number of carbonyl (C=O) groups is 1. The predicted octanol–water partition coefficient (Wildman–Crippen LogP) is 6.99. The molecule has 0 saturated heterocycles. The number of aromatic amines is 1. The highest BCUT2D eigenvalue weighted by Crippen LogP contribution is 2.29. The zero-order valence-electron chi connectivity index (χ0n) is 19.7. The summed E-state index contributed by atoms with van der Waals surface area (Å²) in [6.45, 7) is 0.416. The Balaban J connectivity index is 1.25. The molecule has 2 heterocycles. The maximum absolute atomic E-state index is 11.3. The molecule has 5 aromatic rings. The van der Waals surface area contributed by atoms with E-state index >= 15 is 0 Å². The fourth-order valence-corrected chi connectivity index (χ4v) is 5.01. The topological polar surface area (TPSA) is 75.2 Å². The van der Waals surface area contributed by atoms with Gasteiger partial charge in [0, 0.05) is 41.2 Å². The fourth-order valence-electron chi connectivity index (χ4n) is 4.20. The summed E-state index contributed by atoms with van der Waals surface area (Å²) in [5.74, 6) is -0.00534. The van der Waals surface area contributed by atoms with E-state index in [1.54, 1.807) is 11.3 Å². The zero-order chi connectivity index (χ0) is 24.7. The number of carboxylic acid groups (broad SMARTS) is 1. The lowest BCUT2D eigenvalue weighted by atomic mass is 9.97. The molecule has 36 heavy (non-hydrogen) atoms. The van der Waals surface area contributed by atoms with Crippen molar-refractivity contribution in [1.29, 1.82) is 0 Å². The van der Waals surface area contributed by atoms with Crippen molar-refractivity contribution >= 4 is 17.3 Å². The van der Waals surface area contributed by atoms with Crippen molar-refractivity contribution in [1.82, 2.24) is 9.97 Å². The number of aliphatic carboxylic acids is 1. The highest BCUT2D eigenvalue weighted by Gasteiger charge is 2.15. The lowest BCUT2D eigenvalue weighted by Gasteiger charge is -2.09. The van der Waals surface area contributed by atoms with Gasteiger partial charge in [-0.3, -0.25) is 4.79 Å². The molecule has 2 aromatic heterocycles. The number of rotatable bonds is 10. The molecule has 0 aliphatic carbocycles. The van der Waals surface area contributed by atoms with E-state index < -0.39 is 5.97 Å². The normalized spacial score (nSPS) is 10.9. The molecule has 0 atom stereocenters. The van der Waals surface area contributed by atoms with Crippen LogP contribution in [0.25, 0.3) is 21.7 Å². The predicted molar refractivity (Wildman–Crippen MR) is 143 cm³/mol. The molecule has 5 nitrogen and oxygen atoms in total. The first-order chi connectivity index (χ1) is 17.7. The molecule has 0 bridgehead atoms. The quantitative estimate of drug-likeness (QED) is 0.219. The van der Waals surface area contributed by atoms with Crippen LogP contribution in [-0.4, -0.2) is 21.0 Å². The third-order valence-electron chi connectivity index (χ3n) is 6.02. The molecular formula is C30H26N2O3S. The van der Waals surface area contributed by atoms with Crippen LogP contribution in [0.2, 0.25) is 0 Å². The van der Waals surface area contributed by atoms with Gasteiger partial charge in [-0.2, -0.15) is 0 Å². The van der Waals surface area contributed by atoms with Gasteiger partial charge < -0.3 is 14.8 Å². The minimum absolute atomic E-state index is 0.0973. The van der Waals surface area contributed by atoms with E-state index in [-0.39, 0.29) is 6.42 Å². The van der Waals surface area contributed by atoms with Crippen LogP contribution in [0.5, 0.6) is 5.75 Å². The Morgan fingerprint density at radius 3 is 2.31 bits per heavy atom.